The number of aliphatic hydroxyl groups is 1. The predicted octanol–water partition coefficient (Wildman–Crippen LogP) is 2.96. The first-order valence-corrected chi connectivity index (χ1v) is 6.22. The number of aromatic nitrogens is 1. The highest BCUT2D eigenvalue weighted by atomic mass is 16.3. The molecule has 17 heavy (non-hydrogen) atoms. The quantitative estimate of drug-likeness (QED) is 0.855. The molecule has 2 heteroatoms. The molecule has 0 bridgehead atoms. The minimum absolute atomic E-state index is 0.0269. The molecule has 1 heterocycles. The van der Waals surface area contributed by atoms with Gasteiger partial charge in [0.2, 0.25) is 0 Å². The number of aliphatic hydroxyl groups excluding tert-OH is 1. The molecule has 1 aromatic heterocycles. The summed E-state index contributed by atoms with van der Waals surface area (Å²) < 4.78 is 0. The third-order valence-electron chi connectivity index (χ3n) is 4.05. The Labute approximate surface area is 101 Å². The standard InChI is InChI=1S/C15H17NO/c1-11-3-4-12-9-13(5-6-14(12)16-11)15(10-17)7-2-8-15/h3-6,9,17H,2,7-8,10H2,1H3. The van der Waals surface area contributed by atoms with Gasteiger partial charge >= 0.3 is 0 Å². The SMILES string of the molecule is Cc1ccc2cc(C3(CO)CCC3)ccc2n1. The fraction of sp³-hybridized carbons (Fsp3) is 0.400. The van der Waals surface area contributed by atoms with Gasteiger partial charge in [0.25, 0.3) is 0 Å². The summed E-state index contributed by atoms with van der Waals surface area (Å²) in [5.74, 6) is 0. The van der Waals surface area contributed by atoms with Crippen LogP contribution in [0.25, 0.3) is 10.9 Å². The molecule has 0 aliphatic heterocycles. The van der Waals surface area contributed by atoms with E-state index in [4.69, 9.17) is 0 Å². The number of pyridine rings is 1. The van der Waals surface area contributed by atoms with Crippen LogP contribution in [-0.2, 0) is 5.41 Å². The zero-order valence-electron chi connectivity index (χ0n) is 10.1. The largest absolute Gasteiger partial charge is 0.395 e. The van der Waals surface area contributed by atoms with Gasteiger partial charge in [0, 0.05) is 16.5 Å². The maximum atomic E-state index is 9.59. The molecule has 1 fully saturated rings. The van der Waals surface area contributed by atoms with Gasteiger partial charge < -0.3 is 5.11 Å². The number of nitrogens with zero attached hydrogens (tertiary/aromatic N) is 1. The Morgan fingerprint density at radius 3 is 2.71 bits per heavy atom. The molecule has 0 saturated heterocycles. The summed E-state index contributed by atoms with van der Waals surface area (Å²) in [4.78, 5) is 4.51. The van der Waals surface area contributed by atoms with Crippen LogP contribution in [0.15, 0.2) is 30.3 Å². The van der Waals surface area contributed by atoms with Crippen LogP contribution in [0.2, 0.25) is 0 Å². The Hall–Kier alpha value is -1.41. The van der Waals surface area contributed by atoms with Crippen molar-refractivity contribution in [3.8, 4) is 0 Å². The van der Waals surface area contributed by atoms with Crippen LogP contribution in [0, 0.1) is 6.92 Å². The zero-order valence-corrected chi connectivity index (χ0v) is 10.1. The van der Waals surface area contributed by atoms with Gasteiger partial charge in [-0.2, -0.15) is 0 Å². The number of rotatable bonds is 2. The van der Waals surface area contributed by atoms with E-state index in [1.165, 1.54) is 17.4 Å². The summed E-state index contributed by atoms with van der Waals surface area (Å²) in [7, 11) is 0. The highest BCUT2D eigenvalue weighted by molar-refractivity contribution is 5.79. The molecule has 1 saturated carbocycles. The van der Waals surface area contributed by atoms with Gasteiger partial charge in [0.05, 0.1) is 12.1 Å². The van der Waals surface area contributed by atoms with Crippen molar-refractivity contribution in [2.45, 2.75) is 31.6 Å². The van der Waals surface area contributed by atoms with Gasteiger partial charge in [-0.25, -0.2) is 0 Å². The van der Waals surface area contributed by atoms with Crippen molar-refractivity contribution in [1.29, 1.82) is 0 Å². The molecule has 0 amide bonds. The van der Waals surface area contributed by atoms with Gasteiger partial charge in [0.15, 0.2) is 0 Å². The van der Waals surface area contributed by atoms with E-state index >= 15 is 0 Å². The van der Waals surface area contributed by atoms with Crippen LogP contribution in [0.3, 0.4) is 0 Å². The zero-order chi connectivity index (χ0) is 11.9. The molecule has 1 aliphatic carbocycles. The van der Waals surface area contributed by atoms with E-state index < -0.39 is 0 Å². The average molecular weight is 227 g/mol. The van der Waals surface area contributed by atoms with Gasteiger partial charge in [-0.1, -0.05) is 18.6 Å². The van der Waals surface area contributed by atoms with Crippen molar-refractivity contribution in [3.63, 3.8) is 0 Å². The first-order valence-electron chi connectivity index (χ1n) is 6.22. The second kappa shape index (κ2) is 3.81. The van der Waals surface area contributed by atoms with E-state index in [2.05, 4.69) is 29.2 Å². The summed E-state index contributed by atoms with van der Waals surface area (Å²) in [5.41, 5.74) is 3.38. The lowest BCUT2D eigenvalue weighted by atomic mass is 9.65. The van der Waals surface area contributed by atoms with Gasteiger partial charge in [-0.3, -0.25) is 4.98 Å². The molecular formula is C15H17NO. The fourth-order valence-corrected chi connectivity index (χ4v) is 2.70. The van der Waals surface area contributed by atoms with E-state index in [0.717, 1.165) is 24.1 Å². The van der Waals surface area contributed by atoms with Crippen molar-refractivity contribution in [2.75, 3.05) is 6.61 Å². The van der Waals surface area contributed by atoms with Crippen LogP contribution in [0.5, 0.6) is 0 Å². The molecule has 1 aromatic carbocycles. The lowest BCUT2D eigenvalue weighted by molar-refractivity contribution is 0.120. The highest BCUT2D eigenvalue weighted by Crippen LogP contribution is 2.43. The van der Waals surface area contributed by atoms with Crippen LogP contribution >= 0.6 is 0 Å². The molecule has 0 unspecified atom stereocenters. The van der Waals surface area contributed by atoms with Gasteiger partial charge in [-0.15, -0.1) is 0 Å². The van der Waals surface area contributed by atoms with Crippen molar-refractivity contribution in [3.05, 3.63) is 41.6 Å². The van der Waals surface area contributed by atoms with E-state index in [0.29, 0.717) is 0 Å². The number of fused-ring (bicyclic) bond motifs is 1. The fourth-order valence-electron chi connectivity index (χ4n) is 2.70. The molecule has 0 atom stereocenters. The molecule has 1 aliphatic rings. The maximum Gasteiger partial charge on any atom is 0.0705 e. The van der Waals surface area contributed by atoms with Crippen molar-refractivity contribution in [2.24, 2.45) is 0 Å². The first kappa shape index (κ1) is 10.7. The minimum atomic E-state index is 0.0269. The van der Waals surface area contributed by atoms with Gasteiger partial charge in [-0.05, 0) is 43.5 Å². The first-order chi connectivity index (χ1) is 8.23. The lowest BCUT2D eigenvalue weighted by Crippen LogP contribution is -2.37. The normalized spacial score (nSPS) is 18.0. The molecule has 88 valence electrons. The number of aryl methyl sites for hydroxylation is 1. The Bertz CT molecular complexity index is 552. The Morgan fingerprint density at radius 2 is 2.06 bits per heavy atom. The molecule has 2 nitrogen and oxygen atoms in total. The summed E-state index contributed by atoms with van der Waals surface area (Å²) in [5, 5.41) is 10.8. The molecule has 2 aromatic rings. The van der Waals surface area contributed by atoms with E-state index in [-0.39, 0.29) is 12.0 Å². The Morgan fingerprint density at radius 1 is 1.24 bits per heavy atom. The molecule has 0 spiro atoms. The lowest BCUT2D eigenvalue weighted by Gasteiger charge is -2.41. The molecule has 3 rings (SSSR count). The molecular weight excluding hydrogens is 210 g/mol. The van der Waals surface area contributed by atoms with Crippen LogP contribution in [0.4, 0.5) is 0 Å². The Balaban J connectivity index is 2.10. The van der Waals surface area contributed by atoms with E-state index in [1.54, 1.807) is 0 Å². The van der Waals surface area contributed by atoms with Crippen LogP contribution < -0.4 is 0 Å². The number of hydrogen-bond acceptors (Lipinski definition) is 2. The third-order valence-corrected chi connectivity index (χ3v) is 4.05. The Kier molecular flexibility index (Phi) is 2.40. The van der Waals surface area contributed by atoms with Gasteiger partial charge in [0.1, 0.15) is 0 Å². The van der Waals surface area contributed by atoms with E-state index in [9.17, 15) is 5.11 Å². The maximum absolute atomic E-state index is 9.59. The summed E-state index contributed by atoms with van der Waals surface area (Å²) in [6.45, 7) is 2.27. The van der Waals surface area contributed by atoms with Crippen molar-refractivity contribution >= 4 is 10.9 Å². The smallest absolute Gasteiger partial charge is 0.0705 e. The number of hydrogen-bond donors (Lipinski definition) is 1. The minimum Gasteiger partial charge on any atom is -0.395 e. The highest BCUT2D eigenvalue weighted by Gasteiger charge is 2.37. The van der Waals surface area contributed by atoms with Crippen molar-refractivity contribution in [1.82, 2.24) is 4.98 Å². The average Bonchev–Trinajstić information content (AvgIpc) is 2.28. The summed E-state index contributed by atoms with van der Waals surface area (Å²) in [6, 6.07) is 10.6. The summed E-state index contributed by atoms with van der Waals surface area (Å²) in [6.07, 6.45) is 3.44. The molecule has 0 radical (unpaired) electrons. The molecule has 1 N–H and O–H groups in total. The monoisotopic (exact) mass is 227 g/mol. The second-order valence-electron chi connectivity index (χ2n) is 5.15. The predicted molar refractivity (Wildman–Crippen MR) is 69.1 cm³/mol. The summed E-state index contributed by atoms with van der Waals surface area (Å²) >= 11 is 0. The topological polar surface area (TPSA) is 33.1 Å². The van der Waals surface area contributed by atoms with E-state index in [1.807, 2.05) is 13.0 Å². The van der Waals surface area contributed by atoms with Crippen molar-refractivity contribution < 1.29 is 5.11 Å². The second-order valence-corrected chi connectivity index (χ2v) is 5.15. The number of benzene rings is 1. The third kappa shape index (κ3) is 1.64. The van der Waals surface area contributed by atoms with Crippen LogP contribution in [0.1, 0.15) is 30.5 Å². The van der Waals surface area contributed by atoms with Crippen LogP contribution in [-0.4, -0.2) is 16.7 Å².